The van der Waals surface area contributed by atoms with Crippen LogP contribution in [0.4, 0.5) is 5.69 Å². The number of ether oxygens (including phenoxy) is 1. The van der Waals surface area contributed by atoms with Crippen molar-refractivity contribution < 1.29 is 19.4 Å². The van der Waals surface area contributed by atoms with Crippen LogP contribution >= 0.6 is 0 Å². The van der Waals surface area contributed by atoms with E-state index in [0.717, 1.165) is 11.1 Å². The van der Waals surface area contributed by atoms with Crippen molar-refractivity contribution in [3.63, 3.8) is 0 Å². The molecular formula is C30H40N2O4. The molecule has 0 aliphatic heterocycles. The molecule has 1 aliphatic carbocycles. The molecule has 0 spiro atoms. The number of carboxylic acids is 1. The summed E-state index contributed by atoms with van der Waals surface area (Å²) in [5.74, 6) is -1.31. The summed E-state index contributed by atoms with van der Waals surface area (Å²) >= 11 is 0. The van der Waals surface area contributed by atoms with Crippen molar-refractivity contribution in [3.8, 4) is 0 Å². The van der Waals surface area contributed by atoms with E-state index in [9.17, 15) is 9.59 Å². The molecule has 36 heavy (non-hydrogen) atoms. The lowest BCUT2D eigenvalue weighted by molar-refractivity contribution is -0.115. The Morgan fingerprint density at radius 1 is 1.14 bits per heavy atom. The van der Waals surface area contributed by atoms with Gasteiger partial charge in [0.05, 0.1) is 11.3 Å². The van der Waals surface area contributed by atoms with E-state index in [4.69, 9.17) is 9.84 Å². The average Bonchev–Trinajstić information content (AvgIpc) is 2.81. The molecule has 6 nitrogen and oxygen atoms in total. The van der Waals surface area contributed by atoms with Gasteiger partial charge in [-0.3, -0.25) is 4.79 Å². The number of anilines is 1. The number of hydrazine groups is 1. The Hall–Kier alpha value is -3.22. The third-order valence-electron chi connectivity index (χ3n) is 6.25. The Morgan fingerprint density at radius 2 is 1.83 bits per heavy atom. The summed E-state index contributed by atoms with van der Waals surface area (Å²) in [5.41, 5.74) is 8.65. The van der Waals surface area contributed by atoms with Gasteiger partial charge >= 0.3 is 5.97 Å². The molecule has 0 saturated heterocycles. The fourth-order valence-corrected chi connectivity index (χ4v) is 4.20. The Kier molecular flexibility index (Phi) is 11.1. The molecule has 2 N–H and O–H groups in total. The van der Waals surface area contributed by atoms with Crippen molar-refractivity contribution in [1.82, 2.24) is 5.43 Å². The maximum Gasteiger partial charge on any atom is 0.335 e. The molecule has 1 aliphatic rings. The fourth-order valence-electron chi connectivity index (χ4n) is 4.20. The standard InChI is InChI=1S/C30H40N2O4/c1-7-36-21-31-32(26-16-14-25(15-17-26)29(34)35)28(33)20-23(3)11-8-10-22(2)13-18-27-24(4)12-9-19-30(27,5)6/h8,10-11,13-18,20,31H,7,9,12,19,21H2,1-6H3,(H,34,35). The molecule has 1 aromatic carbocycles. The minimum atomic E-state index is -1.02. The van der Waals surface area contributed by atoms with E-state index in [1.165, 1.54) is 53.6 Å². The number of nitrogens with zero attached hydrogens (tertiary/aromatic N) is 1. The summed E-state index contributed by atoms with van der Waals surface area (Å²) in [6, 6.07) is 6.10. The number of rotatable bonds is 11. The number of carbonyl (C=O) groups excluding carboxylic acids is 1. The number of hydrogen-bond acceptors (Lipinski definition) is 4. The number of aromatic carboxylic acids is 1. The largest absolute Gasteiger partial charge is 0.478 e. The van der Waals surface area contributed by atoms with Gasteiger partial charge in [-0.15, -0.1) is 0 Å². The van der Waals surface area contributed by atoms with Crippen LogP contribution in [0.3, 0.4) is 0 Å². The Morgan fingerprint density at radius 3 is 2.44 bits per heavy atom. The Bertz CT molecular complexity index is 1070. The van der Waals surface area contributed by atoms with Gasteiger partial charge in [0.1, 0.15) is 6.73 Å². The van der Waals surface area contributed by atoms with Crippen molar-refractivity contribution in [2.45, 2.75) is 60.8 Å². The van der Waals surface area contributed by atoms with E-state index < -0.39 is 5.97 Å². The van der Waals surface area contributed by atoms with Crippen molar-refractivity contribution in [3.05, 3.63) is 88.6 Å². The molecule has 0 heterocycles. The van der Waals surface area contributed by atoms with Gasteiger partial charge in [0.2, 0.25) is 0 Å². The van der Waals surface area contributed by atoms with E-state index in [2.05, 4.69) is 45.3 Å². The first-order chi connectivity index (χ1) is 17.0. The third-order valence-corrected chi connectivity index (χ3v) is 6.25. The second-order valence-corrected chi connectivity index (χ2v) is 9.74. The number of carbonyl (C=O) groups is 2. The second-order valence-electron chi connectivity index (χ2n) is 9.74. The highest BCUT2D eigenvalue weighted by Crippen LogP contribution is 2.40. The lowest BCUT2D eigenvalue weighted by Crippen LogP contribution is -2.43. The summed E-state index contributed by atoms with van der Waals surface area (Å²) in [4.78, 5) is 24.1. The van der Waals surface area contributed by atoms with Gasteiger partial charge in [-0.1, -0.05) is 55.4 Å². The molecule has 1 aromatic rings. The van der Waals surface area contributed by atoms with Crippen molar-refractivity contribution in [2.24, 2.45) is 5.41 Å². The molecule has 0 fully saturated rings. The summed E-state index contributed by atoms with van der Waals surface area (Å²) in [7, 11) is 0. The SMILES string of the molecule is CCOCNN(C(=O)C=C(C)C=CC=C(C)C=CC1=C(C)CCCC1(C)C)c1ccc(C(=O)O)cc1. The summed E-state index contributed by atoms with van der Waals surface area (Å²) in [6.45, 7) is 13.3. The third kappa shape index (κ3) is 8.77. The summed E-state index contributed by atoms with van der Waals surface area (Å²) < 4.78 is 5.33. The topological polar surface area (TPSA) is 78.9 Å². The van der Waals surface area contributed by atoms with E-state index in [1.807, 2.05) is 32.1 Å². The molecule has 0 radical (unpaired) electrons. The van der Waals surface area contributed by atoms with Gasteiger partial charge in [-0.25, -0.2) is 15.2 Å². The quantitative estimate of drug-likeness (QED) is 0.117. The molecule has 6 heteroatoms. The molecule has 0 bridgehead atoms. The highest BCUT2D eigenvalue weighted by Gasteiger charge is 2.26. The van der Waals surface area contributed by atoms with Crippen LogP contribution in [-0.2, 0) is 9.53 Å². The fraction of sp³-hybridized carbons (Fsp3) is 0.400. The molecule has 0 unspecified atom stereocenters. The summed E-state index contributed by atoms with van der Waals surface area (Å²) in [5, 5.41) is 10.5. The van der Waals surface area contributed by atoms with Gasteiger partial charge in [0.25, 0.3) is 5.91 Å². The van der Waals surface area contributed by atoms with Crippen LogP contribution in [0.15, 0.2) is 83.0 Å². The Labute approximate surface area is 215 Å². The number of nitrogens with one attached hydrogen (secondary N) is 1. The van der Waals surface area contributed by atoms with E-state index in [1.54, 1.807) is 12.1 Å². The number of hydrogen-bond donors (Lipinski definition) is 2. The monoisotopic (exact) mass is 492 g/mol. The normalized spacial score (nSPS) is 16.7. The van der Waals surface area contributed by atoms with Crippen molar-refractivity contribution in [2.75, 3.05) is 18.3 Å². The lowest BCUT2D eigenvalue weighted by atomic mass is 9.72. The van der Waals surface area contributed by atoms with Crippen LogP contribution in [0.2, 0.25) is 0 Å². The van der Waals surface area contributed by atoms with Gasteiger partial charge in [0, 0.05) is 12.7 Å². The first-order valence-corrected chi connectivity index (χ1v) is 12.5. The minimum absolute atomic E-state index is 0.145. The molecule has 1 amide bonds. The van der Waals surface area contributed by atoms with Gasteiger partial charge in [0.15, 0.2) is 0 Å². The highest BCUT2D eigenvalue weighted by atomic mass is 16.5. The van der Waals surface area contributed by atoms with E-state index >= 15 is 0 Å². The average molecular weight is 493 g/mol. The Balaban J connectivity index is 2.11. The first-order valence-electron chi connectivity index (χ1n) is 12.5. The van der Waals surface area contributed by atoms with Crippen LogP contribution in [-0.4, -0.2) is 30.3 Å². The zero-order chi connectivity index (χ0) is 26.7. The van der Waals surface area contributed by atoms with Crippen molar-refractivity contribution in [1.29, 1.82) is 0 Å². The van der Waals surface area contributed by atoms with Crippen LogP contribution < -0.4 is 10.4 Å². The first kappa shape index (κ1) is 29.0. The lowest BCUT2D eigenvalue weighted by Gasteiger charge is -2.32. The number of amides is 1. The van der Waals surface area contributed by atoms with Crippen LogP contribution in [0, 0.1) is 5.41 Å². The number of benzene rings is 1. The van der Waals surface area contributed by atoms with E-state index in [-0.39, 0.29) is 23.6 Å². The molecule has 194 valence electrons. The second kappa shape index (κ2) is 13.8. The van der Waals surface area contributed by atoms with E-state index in [0.29, 0.717) is 12.3 Å². The van der Waals surface area contributed by atoms with Crippen LogP contribution in [0.25, 0.3) is 0 Å². The molecular weight excluding hydrogens is 452 g/mol. The smallest absolute Gasteiger partial charge is 0.335 e. The van der Waals surface area contributed by atoms with Gasteiger partial charge < -0.3 is 9.84 Å². The molecule has 0 aromatic heterocycles. The zero-order valence-electron chi connectivity index (χ0n) is 22.4. The predicted molar refractivity (Wildman–Crippen MR) is 147 cm³/mol. The van der Waals surface area contributed by atoms with Gasteiger partial charge in [-0.2, -0.15) is 0 Å². The van der Waals surface area contributed by atoms with Gasteiger partial charge in [-0.05, 0) is 87.8 Å². The minimum Gasteiger partial charge on any atom is -0.478 e. The molecule has 0 atom stereocenters. The maximum atomic E-state index is 13.0. The highest BCUT2D eigenvalue weighted by molar-refractivity contribution is 6.01. The number of carboxylic acid groups (broad SMARTS) is 1. The maximum absolute atomic E-state index is 13.0. The summed E-state index contributed by atoms with van der Waals surface area (Å²) in [6.07, 6.45) is 15.4. The zero-order valence-corrected chi connectivity index (χ0v) is 22.4. The molecule has 0 saturated carbocycles. The predicted octanol–water partition coefficient (Wildman–Crippen LogP) is 6.75. The molecule has 2 rings (SSSR count). The van der Waals surface area contributed by atoms with Crippen LogP contribution in [0.1, 0.15) is 71.2 Å². The van der Waals surface area contributed by atoms with Crippen LogP contribution in [0.5, 0.6) is 0 Å². The number of allylic oxidation sites excluding steroid dienone is 9. The van der Waals surface area contributed by atoms with Crippen molar-refractivity contribution >= 4 is 17.6 Å².